The van der Waals surface area contributed by atoms with E-state index in [1.54, 1.807) is 6.92 Å². The van der Waals surface area contributed by atoms with E-state index < -0.39 is 0 Å². The van der Waals surface area contributed by atoms with E-state index in [0.717, 1.165) is 35.8 Å². The SMILES string of the molecule is CC(=O)c1ccc(C#Cc2ccc3c(c2)CN(C2CC2)C3)cc1. The first kappa shape index (κ1) is 14.2. The summed E-state index contributed by atoms with van der Waals surface area (Å²) < 4.78 is 0. The van der Waals surface area contributed by atoms with E-state index in [0.29, 0.717) is 0 Å². The first-order valence-electron chi connectivity index (χ1n) is 8.18. The Hall–Kier alpha value is -2.37. The summed E-state index contributed by atoms with van der Waals surface area (Å²) in [5.74, 6) is 6.52. The molecule has 0 amide bonds. The van der Waals surface area contributed by atoms with E-state index in [4.69, 9.17) is 0 Å². The number of hydrogen-bond acceptors (Lipinski definition) is 2. The zero-order valence-electron chi connectivity index (χ0n) is 13.3. The Morgan fingerprint density at radius 3 is 2.30 bits per heavy atom. The lowest BCUT2D eigenvalue weighted by Crippen LogP contribution is -2.18. The number of nitrogens with zero attached hydrogens (tertiary/aromatic N) is 1. The van der Waals surface area contributed by atoms with Gasteiger partial charge in [-0.15, -0.1) is 0 Å². The highest BCUT2D eigenvalue weighted by Gasteiger charge is 2.32. The molecule has 0 bridgehead atoms. The van der Waals surface area contributed by atoms with Crippen molar-refractivity contribution in [2.24, 2.45) is 0 Å². The van der Waals surface area contributed by atoms with Crippen molar-refractivity contribution in [3.05, 3.63) is 70.3 Å². The molecule has 2 aromatic carbocycles. The summed E-state index contributed by atoms with van der Waals surface area (Å²) in [6, 6.07) is 14.9. The summed E-state index contributed by atoms with van der Waals surface area (Å²) in [6.45, 7) is 3.75. The van der Waals surface area contributed by atoms with Crippen LogP contribution in [-0.4, -0.2) is 16.7 Å². The highest BCUT2D eigenvalue weighted by molar-refractivity contribution is 5.94. The number of hydrogen-bond donors (Lipinski definition) is 0. The van der Waals surface area contributed by atoms with Crippen molar-refractivity contribution >= 4 is 5.78 Å². The summed E-state index contributed by atoms with van der Waals surface area (Å²) in [6.07, 6.45) is 2.72. The van der Waals surface area contributed by atoms with Gasteiger partial charge in [-0.05, 0) is 55.2 Å². The highest BCUT2D eigenvalue weighted by Crippen LogP contribution is 2.34. The average molecular weight is 301 g/mol. The molecule has 23 heavy (non-hydrogen) atoms. The lowest BCUT2D eigenvalue weighted by atomic mass is 10.1. The van der Waals surface area contributed by atoms with Crippen molar-refractivity contribution in [3.8, 4) is 11.8 Å². The Bertz CT molecular complexity index is 819. The maximum atomic E-state index is 11.3. The van der Waals surface area contributed by atoms with Crippen LogP contribution < -0.4 is 0 Å². The van der Waals surface area contributed by atoms with Gasteiger partial charge in [-0.3, -0.25) is 9.69 Å². The first-order valence-corrected chi connectivity index (χ1v) is 8.18. The average Bonchev–Trinajstić information content (AvgIpc) is 3.32. The molecular formula is C21H19NO. The minimum absolute atomic E-state index is 0.0864. The second-order valence-electron chi connectivity index (χ2n) is 6.50. The first-order chi connectivity index (χ1) is 11.2. The van der Waals surface area contributed by atoms with Crippen LogP contribution in [0.1, 0.15) is 52.4 Å². The van der Waals surface area contributed by atoms with Gasteiger partial charge in [0.25, 0.3) is 0 Å². The standard InChI is InChI=1S/C21H19NO/c1-15(23)18-7-4-16(5-8-18)2-3-17-6-9-19-13-22(21-10-11-21)14-20(19)12-17/h4-9,12,21H,10-11,13-14H2,1H3. The highest BCUT2D eigenvalue weighted by atomic mass is 16.1. The topological polar surface area (TPSA) is 20.3 Å². The van der Waals surface area contributed by atoms with E-state index in [-0.39, 0.29) is 5.78 Å². The van der Waals surface area contributed by atoms with Crippen molar-refractivity contribution < 1.29 is 4.79 Å². The molecular weight excluding hydrogens is 282 g/mol. The van der Waals surface area contributed by atoms with E-state index in [1.165, 1.54) is 24.0 Å². The maximum absolute atomic E-state index is 11.3. The lowest BCUT2D eigenvalue weighted by molar-refractivity contribution is 0.101. The number of Topliss-reactive ketones (excluding diaryl/α,β-unsaturated/α-hetero) is 1. The van der Waals surface area contributed by atoms with Crippen molar-refractivity contribution in [1.82, 2.24) is 4.90 Å². The predicted octanol–water partition coefficient (Wildman–Crippen LogP) is 3.77. The maximum Gasteiger partial charge on any atom is 0.159 e. The lowest BCUT2D eigenvalue weighted by Gasteiger charge is -2.11. The van der Waals surface area contributed by atoms with Crippen LogP contribution in [0.4, 0.5) is 0 Å². The molecule has 114 valence electrons. The van der Waals surface area contributed by atoms with Gasteiger partial charge in [0.15, 0.2) is 5.78 Å². The van der Waals surface area contributed by atoms with Gasteiger partial charge in [0.1, 0.15) is 0 Å². The monoisotopic (exact) mass is 301 g/mol. The third-order valence-corrected chi connectivity index (χ3v) is 4.66. The van der Waals surface area contributed by atoms with E-state index >= 15 is 0 Å². The molecule has 2 heteroatoms. The van der Waals surface area contributed by atoms with Gasteiger partial charge < -0.3 is 0 Å². The molecule has 2 nitrogen and oxygen atoms in total. The molecule has 1 aliphatic carbocycles. The Labute approximate surface area is 137 Å². The quantitative estimate of drug-likeness (QED) is 0.622. The van der Waals surface area contributed by atoms with Gasteiger partial charge in [-0.1, -0.05) is 30.0 Å². The number of carbonyl (C=O) groups excluding carboxylic acids is 1. The fourth-order valence-corrected chi connectivity index (χ4v) is 3.13. The van der Waals surface area contributed by atoms with Crippen LogP contribution in [0.15, 0.2) is 42.5 Å². The fraction of sp³-hybridized carbons (Fsp3) is 0.286. The van der Waals surface area contributed by atoms with Gasteiger partial charge in [0, 0.05) is 35.8 Å². The van der Waals surface area contributed by atoms with Gasteiger partial charge in [-0.2, -0.15) is 0 Å². The zero-order valence-corrected chi connectivity index (χ0v) is 13.3. The third-order valence-electron chi connectivity index (χ3n) is 4.66. The van der Waals surface area contributed by atoms with Crippen LogP contribution in [0.3, 0.4) is 0 Å². The van der Waals surface area contributed by atoms with Crippen molar-refractivity contribution in [1.29, 1.82) is 0 Å². The van der Waals surface area contributed by atoms with Crippen molar-refractivity contribution in [2.45, 2.75) is 38.9 Å². The molecule has 1 saturated carbocycles. The largest absolute Gasteiger partial charge is 0.295 e. The minimum atomic E-state index is 0.0864. The number of rotatable bonds is 2. The molecule has 0 aromatic heterocycles. The Morgan fingerprint density at radius 1 is 0.957 bits per heavy atom. The van der Waals surface area contributed by atoms with Gasteiger partial charge >= 0.3 is 0 Å². The predicted molar refractivity (Wildman–Crippen MR) is 91.1 cm³/mol. The summed E-state index contributed by atoms with van der Waals surface area (Å²) in [5, 5.41) is 0. The van der Waals surface area contributed by atoms with Gasteiger partial charge in [-0.25, -0.2) is 0 Å². The molecule has 0 spiro atoms. The molecule has 0 radical (unpaired) electrons. The smallest absolute Gasteiger partial charge is 0.159 e. The van der Waals surface area contributed by atoms with E-state index in [9.17, 15) is 4.79 Å². The van der Waals surface area contributed by atoms with Crippen LogP contribution in [0.25, 0.3) is 0 Å². The molecule has 0 atom stereocenters. The van der Waals surface area contributed by atoms with Crippen LogP contribution >= 0.6 is 0 Å². The van der Waals surface area contributed by atoms with Gasteiger partial charge in [0.2, 0.25) is 0 Å². The number of carbonyl (C=O) groups is 1. The Balaban J connectivity index is 1.52. The molecule has 1 heterocycles. The van der Waals surface area contributed by atoms with Crippen molar-refractivity contribution in [2.75, 3.05) is 0 Å². The Morgan fingerprint density at radius 2 is 1.61 bits per heavy atom. The zero-order chi connectivity index (χ0) is 15.8. The molecule has 2 aromatic rings. The van der Waals surface area contributed by atoms with Crippen LogP contribution in [-0.2, 0) is 13.1 Å². The van der Waals surface area contributed by atoms with Crippen LogP contribution in [0.5, 0.6) is 0 Å². The van der Waals surface area contributed by atoms with E-state index in [2.05, 4.69) is 34.9 Å². The number of fused-ring (bicyclic) bond motifs is 1. The molecule has 2 aliphatic rings. The summed E-state index contributed by atoms with van der Waals surface area (Å²) in [4.78, 5) is 13.9. The van der Waals surface area contributed by atoms with Gasteiger partial charge in [0.05, 0.1) is 0 Å². The molecule has 0 unspecified atom stereocenters. The van der Waals surface area contributed by atoms with Crippen LogP contribution in [0.2, 0.25) is 0 Å². The second-order valence-corrected chi connectivity index (χ2v) is 6.50. The third kappa shape index (κ3) is 3.06. The minimum Gasteiger partial charge on any atom is -0.295 e. The van der Waals surface area contributed by atoms with Crippen LogP contribution in [0, 0.1) is 11.8 Å². The summed E-state index contributed by atoms with van der Waals surface area (Å²) in [5.41, 5.74) is 5.62. The molecule has 0 saturated heterocycles. The Kier molecular flexibility index (Phi) is 3.52. The molecule has 0 N–H and O–H groups in total. The van der Waals surface area contributed by atoms with E-state index in [1.807, 2.05) is 24.3 Å². The summed E-state index contributed by atoms with van der Waals surface area (Å²) >= 11 is 0. The fourth-order valence-electron chi connectivity index (χ4n) is 3.13. The normalized spacial score (nSPS) is 16.6. The molecule has 1 aliphatic heterocycles. The van der Waals surface area contributed by atoms with Crippen molar-refractivity contribution in [3.63, 3.8) is 0 Å². The second kappa shape index (κ2) is 5.68. The number of ketones is 1. The molecule has 4 rings (SSSR count). The molecule has 1 fully saturated rings. The summed E-state index contributed by atoms with van der Waals surface area (Å²) in [7, 11) is 0. The number of benzene rings is 2.